The van der Waals surface area contributed by atoms with Crippen molar-refractivity contribution in [2.75, 3.05) is 31.6 Å². The minimum absolute atomic E-state index is 0.215. The van der Waals surface area contributed by atoms with E-state index in [0.29, 0.717) is 6.54 Å². The maximum atomic E-state index is 5.88. The Bertz CT molecular complexity index is 426. The van der Waals surface area contributed by atoms with Gasteiger partial charge in [-0.3, -0.25) is 4.90 Å². The Hall–Kier alpha value is -1.06. The monoisotopic (exact) mass is 247 g/mol. The summed E-state index contributed by atoms with van der Waals surface area (Å²) in [5, 5.41) is 0. The van der Waals surface area contributed by atoms with Crippen molar-refractivity contribution < 1.29 is 0 Å². The van der Waals surface area contributed by atoms with Crippen LogP contribution in [-0.4, -0.2) is 37.1 Å². The maximum absolute atomic E-state index is 5.88. The van der Waals surface area contributed by atoms with E-state index in [4.69, 9.17) is 5.73 Å². The average molecular weight is 247 g/mol. The quantitative estimate of drug-likeness (QED) is 0.867. The van der Waals surface area contributed by atoms with E-state index in [1.807, 2.05) is 0 Å². The number of hydrogen-bond acceptors (Lipinski definition) is 3. The van der Waals surface area contributed by atoms with Crippen LogP contribution in [-0.2, 0) is 6.54 Å². The standard InChI is InChI=1S/C15H25N3/c1-12-6-5-7-13(10-16)14(12)18-9-8-17(4)15(2,3)11-18/h5-7H,8-11,16H2,1-4H3. The van der Waals surface area contributed by atoms with Crippen LogP contribution >= 0.6 is 0 Å². The van der Waals surface area contributed by atoms with Crippen molar-refractivity contribution in [2.45, 2.75) is 32.9 Å². The molecule has 1 aromatic carbocycles. The van der Waals surface area contributed by atoms with Gasteiger partial charge < -0.3 is 10.6 Å². The molecule has 2 rings (SSSR count). The molecule has 0 aliphatic carbocycles. The Morgan fingerprint density at radius 3 is 2.61 bits per heavy atom. The van der Waals surface area contributed by atoms with E-state index in [0.717, 1.165) is 19.6 Å². The van der Waals surface area contributed by atoms with Crippen LogP contribution in [0.15, 0.2) is 18.2 Å². The Labute approximate surface area is 111 Å². The van der Waals surface area contributed by atoms with Crippen LogP contribution in [0.3, 0.4) is 0 Å². The van der Waals surface area contributed by atoms with Crippen molar-refractivity contribution in [2.24, 2.45) is 5.73 Å². The highest BCUT2D eigenvalue weighted by molar-refractivity contribution is 5.60. The molecule has 1 heterocycles. The number of anilines is 1. The van der Waals surface area contributed by atoms with E-state index < -0.39 is 0 Å². The SMILES string of the molecule is Cc1cccc(CN)c1N1CCN(C)C(C)(C)C1. The molecule has 0 amide bonds. The smallest absolute Gasteiger partial charge is 0.0442 e. The van der Waals surface area contributed by atoms with Crippen molar-refractivity contribution in [3.05, 3.63) is 29.3 Å². The summed E-state index contributed by atoms with van der Waals surface area (Å²) >= 11 is 0. The highest BCUT2D eigenvalue weighted by Crippen LogP contribution is 2.29. The molecule has 18 heavy (non-hydrogen) atoms. The van der Waals surface area contributed by atoms with Crippen molar-refractivity contribution >= 4 is 5.69 Å². The second kappa shape index (κ2) is 4.90. The Morgan fingerprint density at radius 2 is 2.00 bits per heavy atom. The van der Waals surface area contributed by atoms with Gasteiger partial charge in [0.15, 0.2) is 0 Å². The Balaban J connectivity index is 2.33. The highest BCUT2D eigenvalue weighted by atomic mass is 15.3. The van der Waals surface area contributed by atoms with Gasteiger partial charge in [-0.1, -0.05) is 18.2 Å². The molecular formula is C15H25N3. The molecule has 3 nitrogen and oxygen atoms in total. The molecule has 0 atom stereocenters. The fourth-order valence-corrected chi connectivity index (χ4v) is 2.77. The fourth-order valence-electron chi connectivity index (χ4n) is 2.77. The molecule has 0 radical (unpaired) electrons. The van der Waals surface area contributed by atoms with Crippen LogP contribution in [0.2, 0.25) is 0 Å². The topological polar surface area (TPSA) is 32.5 Å². The molecule has 1 saturated heterocycles. The van der Waals surface area contributed by atoms with Gasteiger partial charge in [-0.25, -0.2) is 0 Å². The number of benzene rings is 1. The van der Waals surface area contributed by atoms with E-state index in [2.05, 4.69) is 55.8 Å². The molecule has 100 valence electrons. The number of likely N-dealkylation sites (N-methyl/N-ethyl adjacent to an activating group) is 1. The molecule has 0 spiro atoms. The van der Waals surface area contributed by atoms with Gasteiger partial charge in [-0.2, -0.15) is 0 Å². The first-order chi connectivity index (χ1) is 8.45. The normalized spacial score (nSPS) is 20.2. The largest absolute Gasteiger partial charge is 0.368 e. The third-order valence-electron chi connectivity index (χ3n) is 4.17. The lowest BCUT2D eigenvalue weighted by atomic mass is 9.97. The number of piperazine rings is 1. The molecule has 0 unspecified atom stereocenters. The first kappa shape index (κ1) is 13.4. The van der Waals surface area contributed by atoms with Gasteiger partial charge in [0.05, 0.1) is 0 Å². The summed E-state index contributed by atoms with van der Waals surface area (Å²) < 4.78 is 0. The summed E-state index contributed by atoms with van der Waals surface area (Å²) in [7, 11) is 2.21. The predicted octanol–water partition coefficient (Wildman–Crippen LogP) is 1.98. The highest BCUT2D eigenvalue weighted by Gasteiger charge is 2.32. The fraction of sp³-hybridized carbons (Fsp3) is 0.600. The lowest BCUT2D eigenvalue weighted by Crippen LogP contribution is -2.58. The number of para-hydroxylation sites is 1. The van der Waals surface area contributed by atoms with Crippen LogP contribution in [0.4, 0.5) is 5.69 Å². The van der Waals surface area contributed by atoms with Gasteiger partial charge in [-0.05, 0) is 38.9 Å². The zero-order chi connectivity index (χ0) is 13.3. The predicted molar refractivity (Wildman–Crippen MR) is 78.0 cm³/mol. The lowest BCUT2D eigenvalue weighted by Gasteiger charge is -2.47. The van der Waals surface area contributed by atoms with Crippen LogP contribution in [0.25, 0.3) is 0 Å². The van der Waals surface area contributed by atoms with Gasteiger partial charge in [0.2, 0.25) is 0 Å². The van der Waals surface area contributed by atoms with Crippen molar-refractivity contribution in [1.82, 2.24) is 4.90 Å². The Kier molecular flexibility index (Phi) is 3.64. The summed E-state index contributed by atoms with van der Waals surface area (Å²) in [6.07, 6.45) is 0. The molecule has 3 heteroatoms. The van der Waals surface area contributed by atoms with E-state index in [9.17, 15) is 0 Å². The zero-order valence-electron chi connectivity index (χ0n) is 12.0. The lowest BCUT2D eigenvalue weighted by molar-refractivity contribution is 0.138. The summed E-state index contributed by atoms with van der Waals surface area (Å²) in [4.78, 5) is 4.93. The number of rotatable bonds is 2. The molecule has 2 N–H and O–H groups in total. The van der Waals surface area contributed by atoms with Gasteiger partial charge in [-0.15, -0.1) is 0 Å². The van der Waals surface area contributed by atoms with Crippen LogP contribution in [0.1, 0.15) is 25.0 Å². The first-order valence-electron chi connectivity index (χ1n) is 6.70. The zero-order valence-corrected chi connectivity index (χ0v) is 12.0. The minimum Gasteiger partial charge on any atom is -0.368 e. The summed E-state index contributed by atoms with van der Waals surface area (Å²) in [6.45, 7) is 10.6. The van der Waals surface area contributed by atoms with Gasteiger partial charge in [0.1, 0.15) is 0 Å². The minimum atomic E-state index is 0.215. The molecule has 0 bridgehead atoms. The van der Waals surface area contributed by atoms with Crippen molar-refractivity contribution in [3.63, 3.8) is 0 Å². The summed E-state index contributed by atoms with van der Waals surface area (Å²) in [5.74, 6) is 0. The average Bonchev–Trinajstić information content (AvgIpc) is 2.32. The molecule has 1 aliphatic rings. The van der Waals surface area contributed by atoms with Crippen LogP contribution in [0.5, 0.6) is 0 Å². The third-order valence-corrected chi connectivity index (χ3v) is 4.17. The molecule has 1 aromatic rings. The summed E-state index contributed by atoms with van der Waals surface area (Å²) in [6, 6.07) is 6.43. The number of aryl methyl sites for hydroxylation is 1. The van der Waals surface area contributed by atoms with Gasteiger partial charge >= 0.3 is 0 Å². The van der Waals surface area contributed by atoms with Crippen LogP contribution in [0, 0.1) is 6.92 Å². The van der Waals surface area contributed by atoms with Crippen molar-refractivity contribution in [3.8, 4) is 0 Å². The molecule has 0 saturated carbocycles. The molecular weight excluding hydrogens is 222 g/mol. The second-order valence-corrected chi connectivity index (χ2v) is 5.94. The van der Waals surface area contributed by atoms with Crippen molar-refractivity contribution in [1.29, 1.82) is 0 Å². The number of hydrogen-bond donors (Lipinski definition) is 1. The first-order valence-corrected chi connectivity index (χ1v) is 6.70. The van der Waals surface area contributed by atoms with E-state index in [1.165, 1.54) is 16.8 Å². The van der Waals surface area contributed by atoms with E-state index >= 15 is 0 Å². The second-order valence-electron chi connectivity index (χ2n) is 5.94. The Morgan fingerprint density at radius 1 is 1.28 bits per heavy atom. The van der Waals surface area contributed by atoms with E-state index in [-0.39, 0.29) is 5.54 Å². The maximum Gasteiger partial charge on any atom is 0.0442 e. The third kappa shape index (κ3) is 2.38. The van der Waals surface area contributed by atoms with Gasteiger partial charge in [0.25, 0.3) is 0 Å². The van der Waals surface area contributed by atoms with Crippen LogP contribution < -0.4 is 10.6 Å². The van der Waals surface area contributed by atoms with Gasteiger partial charge in [0, 0.05) is 37.4 Å². The van der Waals surface area contributed by atoms with E-state index in [1.54, 1.807) is 0 Å². The number of nitrogens with zero attached hydrogens (tertiary/aromatic N) is 2. The number of nitrogens with two attached hydrogens (primary N) is 1. The molecule has 0 aromatic heterocycles. The molecule has 1 aliphatic heterocycles. The molecule has 1 fully saturated rings. The summed E-state index contributed by atoms with van der Waals surface area (Å²) in [5.41, 5.74) is 10.0.